The van der Waals surface area contributed by atoms with Crippen molar-refractivity contribution >= 4 is 40.3 Å². The Morgan fingerprint density at radius 1 is 1.33 bits per heavy atom. The van der Waals surface area contributed by atoms with Gasteiger partial charge in [-0.25, -0.2) is 10.0 Å². The molecule has 0 saturated carbocycles. The zero-order valence-corrected chi connectivity index (χ0v) is 11.6. The Morgan fingerprint density at radius 2 is 1.94 bits per heavy atom. The van der Waals surface area contributed by atoms with Crippen LogP contribution in [0, 0.1) is 0 Å². The Balaban J connectivity index is 2.28. The van der Waals surface area contributed by atoms with Crippen molar-refractivity contribution in [3.8, 4) is 5.75 Å². The fourth-order valence-corrected chi connectivity index (χ4v) is 2.93. The molecule has 0 aromatic heterocycles. The molecule has 0 unspecified atom stereocenters. The number of rotatable bonds is 2. The van der Waals surface area contributed by atoms with E-state index >= 15 is 0 Å². The van der Waals surface area contributed by atoms with Gasteiger partial charge in [-0.15, -0.1) is 0 Å². The summed E-state index contributed by atoms with van der Waals surface area (Å²) >= 11 is 6.43. The molecule has 2 rings (SSSR count). The zero-order valence-electron chi connectivity index (χ0n) is 9.95. The molecule has 0 aliphatic carbocycles. The van der Waals surface area contributed by atoms with Gasteiger partial charge in [0.05, 0.1) is 4.91 Å². The van der Waals surface area contributed by atoms with Gasteiger partial charge in [-0.05, 0) is 23.8 Å². The van der Waals surface area contributed by atoms with Gasteiger partial charge in [0.15, 0.2) is 4.32 Å². The summed E-state index contributed by atoms with van der Waals surface area (Å²) in [7, 11) is 3.54. The van der Waals surface area contributed by atoms with E-state index in [1.807, 2.05) is 0 Å². The molecule has 1 amide bonds. The van der Waals surface area contributed by atoms with E-state index in [0.717, 1.165) is 5.56 Å². The van der Waals surface area contributed by atoms with Crippen LogP contribution in [-0.4, -0.2) is 39.4 Å². The number of thioether (sulfide) groups is 1. The van der Waals surface area contributed by atoms with Gasteiger partial charge in [-0.2, -0.15) is 0 Å². The monoisotopic (exact) mass is 280 g/mol. The summed E-state index contributed by atoms with van der Waals surface area (Å²) in [4.78, 5) is 12.7. The van der Waals surface area contributed by atoms with Gasteiger partial charge >= 0.3 is 0 Å². The van der Waals surface area contributed by atoms with Crippen LogP contribution in [0.3, 0.4) is 0 Å². The summed E-state index contributed by atoms with van der Waals surface area (Å²) in [5.41, 5.74) is 0.854. The van der Waals surface area contributed by atoms with Crippen LogP contribution in [0.25, 0.3) is 6.08 Å². The average molecular weight is 280 g/mol. The highest BCUT2D eigenvalue weighted by Crippen LogP contribution is 2.32. The van der Waals surface area contributed by atoms with E-state index in [0.29, 0.717) is 9.23 Å². The number of thiocarbonyl (C=S) groups is 1. The Morgan fingerprint density at radius 3 is 2.44 bits per heavy atom. The average Bonchev–Trinajstić information content (AvgIpc) is 2.57. The molecule has 0 atom stereocenters. The molecule has 6 heteroatoms. The third-order valence-corrected chi connectivity index (χ3v) is 3.65. The Labute approximate surface area is 115 Å². The van der Waals surface area contributed by atoms with Crippen LogP contribution in [0.15, 0.2) is 29.2 Å². The minimum Gasteiger partial charge on any atom is -0.508 e. The van der Waals surface area contributed by atoms with Crippen molar-refractivity contribution in [2.75, 3.05) is 14.1 Å². The largest absolute Gasteiger partial charge is 0.508 e. The molecule has 0 radical (unpaired) electrons. The molecule has 94 valence electrons. The number of hydrogen-bond donors (Lipinski definition) is 1. The Hall–Kier alpha value is -1.37. The number of hydrogen-bond acceptors (Lipinski definition) is 5. The second kappa shape index (κ2) is 5.09. The van der Waals surface area contributed by atoms with Crippen LogP contribution < -0.4 is 0 Å². The maximum absolute atomic E-state index is 12.1. The summed E-state index contributed by atoms with van der Waals surface area (Å²) in [6.45, 7) is 0. The molecular weight excluding hydrogens is 268 g/mol. The molecule has 1 N–H and O–H groups in total. The van der Waals surface area contributed by atoms with E-state index in [1.165, 1.54) is 16.8 Å². The van der Waals surface area contributed by atoms with Gasteiger partial charge in [-0.3, -0.25) is 4.79 Å². The predicted molar refractivity (Wildman–Crippen MR) is 76.8 cm³/mol. The van der Waals surface area contributed by atoms with E-state index in [1.54, 1.807) is 49.4 Å². The van der Waals surface area contributed by atoms with Crippen molar-refractivity contribution in [1.82, 2.24) is 10.0 Å². The molecular formula is C12H12N2O2S2. The molecule has 1 aliphatic rings. The first-order valence-electron chi connectivity index (χ1n) is 5.23. The molecule has 1 aliphatic heterocycles. The quantitative estimate of drug-likeness (QED) is 0.663. The van der Waals surface area contributed by atoms with Crippen molar-refractivity contribution in [2.24, 2.45) is 0 Å². The van der Waals surface area contributed by atoms with Gasteiger partial charge < -0.3 is 5.11 Å². The predicted octanol–water partition coefficient (Wildman–Crippen LogP) is 2.07. The third kappa shape index (κ3) is 2.55. The summed E-state index contributed by atoms with van der Waals surface area (Å²) < 4.78 is 0.523. The van der Waals surface area contributed by atoms with Crippen molar-refractivity contribution in [3.63, 3.8) is 0 Å². The molecule has 1 aromatic carbocycles. The normalized spacial score (nSPS) is 18.2. The number of carbonyl (C=O) groups is 1. The Kier molecular flexibility index (Phi) is 3.70. The van der Waals surface area contributed by atoms with E-state index < -0.39 is 0 Å². The topological polar surface area (TPSA) is 43.8 Å². The first-order chi connectivity index (χ1) is 8.49. The van der Waals surface area contributed by atoms with Crippen molar-refractivity contribution in [2.45, 2.75) is 0 Å². The highest BCUT2D eigenvalue weighted by molar-refractivity contribution is 8.26. The van der Waals surface area contributed by atoms with Crippen LogP contribution in [0.5, 0.6) is 5.75 Å². The van der Waals surface area contributed by atoms with Crippen LogP contribution in [0.4, 0.5) is 0 Å². The van der Waals surface area contributed by atoms with Crippen LogP contribution in [-0.2, 0) is 4.79 Å². The first-order valence-corrected chi connectivity index (χ1v) is 6.46. The number of amides is 1. The van der Waals surface area contributed by atoms with Crippen LogP contribution >= 0.6 is 24.0 Å². The smallest absolute Gasteiger partial charge is 0.280 e. The SMILES string of the molecule is CN(C)N1C(=O)C(=Cc2ccc(O)cc2)SC1=S. The van der Waals surface area contributed by atoms with Gasteiger partial charge in [0.25, 0.3) is 5.91 Å². The molecule has 0 bridgehead atoms. The Bertz CT molecular complexity index is 523. The van der Waals surface area contributed by atoms with Gasteiger partial charge in [0.2, 0.25) is 0 Å². The highest BCUT2D eigenvalue weighted by atomic mass is 32.2. The molecule has 0 spiro atoms. The number of hydrazine groups is 1. The number of carbonyl (C=O) groups excluding carboxylic acids is 1. The minimum atomic E-state index is -0.122. The molecule has 4 nitrogen and oxygen atoms in total. The molecule has 1 fully saturated rings. The van der Waals surface area contributed by atoms with Crippen LogP contribution in [0.1, 0.15) is 5.56 Å². The summed E-state index contributed by atoms with van der Waals surface area (Å²) in [6.07, 6.45) is 1.77. The number of phenols is 1. The third-order valence-electron chi connectivity index (χ3n) is 2.36. The van der Waals surface area contributed by atoms with Crippen molar-refractivity contribution in [1.29, 1.82) is 0 Å². The van der Waals surface area contributed by atoms with Gasteiger partial charge in [0, 0.05) is 14.1 Å². The molecule has 1 heterocycles. The maximum atomic E-state index is 12.1. The molecule has 18 heavy (non-hydrogen) atoms. The summed E-state index contributed by atoms with van der Waals surface area (Å²) in [5, 5.41) is 12.3. The van der Waals surface area contributed by atoms with E-state index in [4.69, 9.17) is 12.2 Å². The highest BCUT2D eigenvalue weighted by Gasteiger charge is 2.33. The van der Waals surface area contributed by atoms with E-state index in [-0.39, 0.29) is 11.7 Å². The summed E-state index contributed by atoms with van der Waals surface area (Å²) in [6, 6.07) is 6.66. The molecule has 1 saturated heterocycles. The summed E-state index contributed by atoms with van der Waals surface area (Å²) in [5.74, 6) is 0.0797. The van der Waals surface area contributed by atoms with E-state index in [2.05, 4.69) is 0 Å². The lowest BCUT2D eigenvalue weighted by Crippen LogP contribution is -2.39. The second-order valence-corrected chi connectivity index (χ2v) is 5.61. The molecule has 1 aromatic rings. The fraction of sp³-hybridized carbons (Fsp3) is 0.167. The van der Waals surface area contributed by atoms with Crippen molar-refractivity contribution in [3.05, 3.63) is 34.7 Å². The number of phenolic OH excluding ortho intramolecular Hbond substituents is 1. The lowest BCUT2D eigenvalue weighted by atomic mass is 10.2. The van der Waals surface area contributed by atoms with Gasteiger partial charge in [-0.1, -0.05) is 36.1 Å². The second-order valence-electron chi connectivity index (χ2n) is 3.93. The number of aromatic hydroxyl groups is 1. The number of benzene rings is 1. The fourth-order valence-electron chi connectivity index (χ4n) is 1.53. The van der Waals surface area contributed by atoms with Crippen LogP contribution in [0.2, 0.25) is 0 Å². The maximum Gasteiger partial charge on any atom is 0.280 e. The minimum absolute atomic E-state index is 0.122. The lowest BCUT2D eigenvalue weighted by Gasteiger charge is -2.21. The first kappa shape index (κ1) is 13.1. The van der Waals surface area contributed by atoms with E-state index in [9.17, 15) is 9.90 Å². The zero-order chi connectivity index (χ0) is 13.3. The van der Waals surface area contributed by atoms with Gasteiger partial charge in [0.1, 0.15) is 5.75 Å². The standard InChI is InChI=1S/C12H12N2O2S2/c1-13(2)14-11(16)10(18-12(14)17)7-8-3-5-9(15)6-4-8/h3-7,15H,1-2H3. The lowest BCUT2D eigenvalue weighted by molar-refractivity contribution is -0.130. The number of nitrogens with zero attached hydrogens (tertiary/aromatic N) is 2. The van der Waals surface area contributed by atoms with Crippen molar-refractivity contribution < 1.29 is 9.90 Å².